The van der Waals surface area contributed by atoms with Crippen molar-refractivity contribution in [3.05, 3.63) is 83.5 Å². The number of aromatic nitrogens is 4. The second-order valence-electron chi connectivity index (χ2n) is 6.62. The summed E-state index contributed by atoms with van der Waals surface area (Å²) in [5, 5.41) is 15.4. The average Bonchev–Trinajstić information content (AvgIpc) is 3.47. The van der Waals surface area contributed by atoms with E-state index in [1.165, 1.54) is 33.1 Å². The number of rotatable bonds is 7. The maximum atomic E-state index is 13.4. The van der Waals surface area contributed by atoms with Crippen LogP contribution in [0.5, 0.6) is 0 Å². The topological polar surface area (TPSA) is 87.7 Å². The molecule has 3 heterocycles. The summed E-state index contributed by atoms with van der Waals surface area (Å²) in [7, 11) is 0. The maximum absolute atomic E-state index is 13.4. The summed E-state index contributed by atoms with van der Waals surface area (Å²) < 4.78 is 14.9. The highest BCUT2D eigenvalue weighted by molar-refractivity contribution is 7.13. The Balaban J connectivity index is 1.71. The van der Waals surface area contributed by atoms with Crippen LogP contribution in [0.4, 0.5) is 4.39 Å². The standard InChI is InChI=1S/C22H17FN6OS/c23-17-6-8-18(9-7-17)29-21(19-5-2-13-31-19)26-20(27-29)22(30)28(12-3-10-24)15-16-4-1-11-25-14-16/h1-2,4-9,11,13-14H,3,12,15H2. The van der Waals surface area contributed by atoms with Crippen LogP contribution in [0, 0.1) is 17.1 Å². The normalized spacial score (nSPS) is 10.6. The molecule has 3 aromatic heterocycles. The van der Waals surface area contributed by atoms with Crippen molar-refractivity contribution >= 4 is 17.2 Å². The number of hydrogen-bond acceptors (Lipinski definition) is 6. The number of carbonyl (C=O) groups is 1. The van der Waals surface area contributed by atoms with Crippen LogP contribution in [0.2, 0.25) is 0 Å². The first-order valence-electron chi connectivity index (χ1n) is 9.47. The van der Waals surface area contributed by atoms with Gasteiger partial charge in [0, 0.05) is 25.5 Å². The number of nitriles is 1. The molecule has 0 aliphatic carbocycles. The van der Waals surface area contributed by atoms with Gasteiger partial charge in [-0.3, -0.25) is 9.78 Å². The molecule has 0 aliphatic rings. The molecule has 4 rings (SSSR count). The number of nitrogens with zero attached hydrogens (tertiary/aromatic N) is 6. The van der Waals surface area contributed by atoms with Crippen LogP contribution in [0.1, 0.15) is 22.6 Å². The van der Waals surface area contributed by atoms with Crippen molar-refractivity contribution in [1.29, 1.82) is 5.26 Å². The Morgan fingerprint density at radius 1 is 1.19 bits per heavy atom. The quantitative estimate of drug-likeness (QED) is 0.439. The average molecular weight is 432 g/mol. The van der Waals surface area contributed by atoms with E-state index < -0.39 is 5.91 Å². The van der Waals surface area contributed by atoms with Crippen molar-refractivity contribution in [3.63, 3.8) is 0 Å². The van der Waals surface area contributed by atoms with Crippen molar-refractivity contribution in [1.82, 2.24) is 24.6 Å². The van der Waals surface area contributed by atoms with Crippen LogP contribution >= 0.6 is 11.3 Å². The van der Waals surface area contributed by atoms with Crippen molar-refractivity contribution in [2.75, 3.05) is 6.54 Å². The van der Waals surface area contributed by atoms with Gasteiger partial charge in [0.1, 0.15) is 5.82 Å². The second-order valence-corrected chi connectivity index (χ2v) is 7.57. The smallest absolute Gasteiger partial charge is 0.293 e. The predicted molar refractivity (Wildman–Crippen MR) is 114 cm³/mol. The largest absolute Gasteiger partial charge is 0.330 e. The van der Waals surface area contributed by atoms with E-state index in [-0.39, 0.29) is 31.2 Å². The van der Waals surface area contributed by atoms with Crippen LogP contribution < -0.4 is 0 Å². The van der Waals surface area contributed by atoms with Gasteiger partial charge >= 0.3 is 0 Å². The molecule has 0 saturated carbocycles. The maximum Gasteiger partial charge on any atom is 0.293 e. The molecule has 0 unspecified atom stereocenters. The molecule has 1 aromatic carbocycles. The zero-order valence-corrected chi connectivity index (χ0v) is 17.2. The minimum atomic E-state index is -0.391. The Morgan fingerprint density at radius 2 is 2.03 bits per heavy atom. The fraction of sp³-hybridized carbons (Fsp3) is 0.136. The molecule has 0 bridgehead atoms. The summed E-state index contributed by atoms with van der Waals surface area (Å²) in [6.45, 7) is 0.525. The Kier molecular flexibility index (Phi) is 6.10. The van der Waals surface area contributed by atoms with E-state index in [4.69, 9.17) is 5.26 Å². The summed E-state index contributed by atoms with van der Waals surface area (Å²) in [6, 6.07) is 15.3. The van der Waals surface area contributed by atoms with Crippen molar-refractivity contribution in [2.24, 2.45) is 0 Å². The third-order valence-electron chi connectivity index (χ3n) is 4.49. The molecule has 0 atom stereocenters. The van der Waals surface area contributed by atoms with E-state index in [9.17, 15) is 9.18 Å². The van der Waals surface area contributed by atoms with E-state index >= 15 is 0 Å². The summed E-state index contributed by atoms with van der Waals surface area (Å²) in [6.07, 6.45) is 3.51. The Labute approximate surface area is 182 Å². The number of pyridine rings is 1. The summed E-state index contributed by atoms with van der Waals surface area (Å²) in [5.41, 5.74) is 1.43. The van der Waals surface area contributed by atoms with Gasteiger partial charge in [0.25, 0.3) is 5.91 Å². The molecule has 0 saturated heterocycles. The lowest BCUT2D eigenvalue weighted by Gasteiger charge is -2.19. The van der Waals surface area contributed by atoms with E-state index in [1.54, 1.807) is 30.6 Å². The van der Waals surface area contributed by atoms with Gasteiger partial charge in [-0.2, -0.15) is 5.26 Å². The Bertz CT molecular complexity index is 1200. The molecule has 0 fully saturated rings. The van der Waals surface area contributed by atoms with Crippen molar-refractivity contribution < 1.29 is 9.18 Å². The lowest BCUT2D eigenvalue weighted by Crippen LogP contribution is -2.32. The summed E-state index contributed by atoms with van der Waals surface area (Å²) in [4.78, 5) is 24.2. The molecule has 0 N–H and O–H groups in total. The molecule has 1 amide bonds. The van der Waals surface area contributed by atoms with Gasteiger partial charge in [-0.15, -0.1) is 16.4 Å². The van der Waals surface area contributed by atoms with E-state index in [1.807, 2.05) is 23.6 Å². The minimum Gasteiger partial charge on any atom is -0.330 e. The summed E-state index contributed by atoms with van der Waals surface area (Å²) in [5.74, 6) is -0.254. The van der Waals surface area contributed by atoms with Gasteiger partial charge in [-0.25, -0.2) is 14.1 Å². The number of benzene rings is 1. The third-order valence-corrected chi connectivity index (χ3v) is 5.35. The van der Waals surface area contributed by atoms with Crippen LogP contribution in [-0.4, -0.2) is 37.1 Å². The van der Waals surface area contributed by atoms with Gasteiger partial charge in [-0.1, -0.05) is 12.1 Å². The SMILES string of the molecule is N#CCCN(Cc1cccnc1)C(=O)c1nc(-c2cccs2)n(-c2ccc(F)cc2)n1. The molecule has 0 spiro atoms. The number of thiophene rings is 1. The number of carbonyl (C=O) groups excluding carboxylic acids is 1. The first-order chi connectivity index (χ1) is 15.2. The van der Waals surface area contributed by atoms with Gasteiger partial charge in [0.2, 0.25) is 5.82 Å². The third kappa shape index (κ3) is 4.65. The summed E-state index contributed by atoms with van der Waals surface area (Å²) >= 11 is 1.46. The van der Waals surface area contributed by atoms with Crippen molar-refractivity contribution in [2.45, 2.75) is 13.0 Å². The first kappa shape index (κ1) is 20.4. The van der Waals surface area contributed by atoms with E-state index in [2.05, 4.69) is 21.1 Å². The first-order valence-corrected chi connectivity index (χ1v) is 10.4. The fourth-order valence-electron chi connectivity index (χ4n) is 3.02. The molecule has 31 heavy (non-hydrogen) atoms. The highest BCUT2D eigenvalue weighted by Gasteiger charge is 2.24. The Hall–Kier alpha value is -3.90. The van der Waals surface area contributed by atoms with Crippen LogP contribution in [0.25, 0.3) is 16.4 Å². The lowest BCUT2D eigenvalue weighted by molar-refractivity contribution is 0.0734. The predicted octanol–water partition coefficient (Wildman–Crippen LogP) is 4.09. The van der Waals surface area contributed by atoms with Gasteiger partial charge in [0.05, 0.1) is 23.1 Å². The minimum absolute atomic E-state index is 0.00885. The Morgan fingerprint density at radius 3 is 2.71 bits per heavy atom. The molecule has 0 radical (unpaired) electrons. The number of amides is 1. The zero-order valence-electron chi connectivity index (χ0n) is 16.3. The van der Waals surface area contributed by atoms with Crippen molar-refractivity contribution in [3.8, 4) is 22.5 Å². The second kappa shape index (κ2) is 9.28. The molecule has 154 valence electrons. The van der Waals surface area contributed by atoms with Crippen LogP contribution in [0.15, 0.2) is 66.3 Å². The molecular weight excluding hydrogens is 415 g/mol. The van der Waals surface area contributed by atoms with E-state index in [0.29, 0.717) is 11.5 Å². The molecule has 7 nitrogen and oxygen atoms in total. The van der Waals surface area contributed by atoms with Crippen LogP contribution in [-0.2, 0) is 6.54 Å². The fourth-order valence-corrected chi connectivity index (χ4v) is 3.72. The number of hydrogen-bond donors (Lipinski definition) is 0. The highest BCUT2D eigenvalue weighted by Crippen LogP contribution is 2.26. The molecule has 0 aliphatic heterocycles. The number of halogens is 1. The van der Waals surface area contributed by atoms with Gasteiger partial charge in [0.15, 0.2) is 5.82 Å². The molecule has 4 aromatic rings. The zero-order chi connectivity index (χ0) is 21.6. The monoisotopic (exact) mass is 432 g/mol. The molecule has 9 heteroatoms. The van der Waals surface area contributed by atoms with Gasteiger partial charge < -0.3 is 4.90 Å². The van der Waals surface area contributed by atoms with E-state index in [0.717, 1.165) is 10.4 Å². The molecular formula is C22H17FN6OS. The lowest BCUT2D eigenvalue weighted by atomic mass is 10.2. The highest BCUT2D eigenvalue weighted by atomic mass is 32.1. The van der Waals surface area contributed by atoms with Gasteiger partial charge in [-0.05, 0) is 47.3 Å². The van der Waals surface area contributed by atoms with Crippen LogP contribution in [0.3, 0.4) is 0 Å².